The van der Waals surface area contributed by atoms with Gasteiger partial charge >= 0.3 is 0 Å². The molecule has 1 atom stereocenters. The van der Waals surface area contributed by atoms with Crippen molar-refractivity contribution in [3.8, 4) is 0 Å². The van der Waals surface area contributed by atoms with Gasteiger partial charge in [-0.05, 0) is 6.92 Å². The SMILES string of the molecule is CC(N)c1c[nH]n(C)c1=O. The molecule has 56 valence electrons. The summed E-state index contributed by atoms with van der Waals surface area (Å²) in [5.41, 5.74) is 6.08. The van der Waals surface area contributed by atoms with Gasteiger partial charge in [0.1, 0.15) is 0 Å². The molecule has 3 N–H and O–H groups in total. The van der Waals surface area contributed by atoms with Crippen molar-refractivity contribution in [3.63, 3.8) is 0 Å². The van der Waals surface area contributed by atoms with E-state index >= 15 is 0 Å². The lowest BCUT2D eigenvalue weighted by atomic mass is 10.2. The van der Waals surface area contributed by atoms with E-state index in [9.17, 15) is 4.79 Å². The van der Waals surface area contributed by atoms with Crippen LogP contribution in [-0.4, -0.2) is 9.78 Å². The minimum Gasteiger partial charge on any atom is -0.324 e. The van der Waals surface area contributed by atoms with Crippen LogP contribution in [0.2, 0.25) is 0 Å². The van der Waals surface area contributed by atoms with E-state index in [1.807, 2.05) is 0 Å². The molecule has 0 fully saturated rings. The average molecular weight is 141 g/mol. The largest absolute Gasteiger partial charge is 0.324 e. The maximum absolute atomic E-state index is 11.1. The Hall–Kier alpha value is -1.03. The maximum atomic E-state index is 11.1. The molecule has 0 bridgehead atoms. The first-order valence-electron chi connectivity index (χ1n) is 3.13. The lowest BCUT2D eigenvalue weighted by molar-refractivity contribution is 0.729. The van der Waals surface area contributed by atoms with E-state index in [0.29, 0.717) is 5.56 Å². The lowest BCUT2D eigenvalue weighted by Crippen LogP contribution is -2.19. The number of nitrogens with zero attached hydrogens (tertiary/aromatic N) is 1. The summed E-state index contributed by atoms with van der Waals surface area (Å²) in [6.07, 6.45) is 1.63. The zero-order valence-electron chi connectivity index (χ0n) is 6.09. The van der Waals surface area contributed by atoms with Crippen LogP contribution in [0.5, 0.6) is 0 Å². The summed E-state index contributed by atoms with van der Waals surface area (Å²) < 4.78 is 1.40. The quantitative estimate of drug-likeness (QED) is 0.565. The molecular formula is C6H11N3O. The minimum absolute atomic E-state index is 0.0463. The molecule has 4 heteroatoms. The van der Waals surface area contributed by atoms with E-state index < -0.39 is 0 Å². The van der Waals surface area contributed by atoms with Crippen LogP contribution in [0.1, 0.15) is 18.5 Å². The van der Waals surface area contributed by atoms with Crippen molar-refractivity contribution in [1.82, 2.24) is 9.78 Å². The Labute approximate surface area is 58.6 Å². The summed E-state index contributed by atoms with van der Waals surface area (Å²) in [6, 6.07) is -0.190. The Balaban J connectivity index is 3.18. The molecule has 1 aromatic heterocycles. The highest BCUT2D eigenvalue weighted by Crippen LogP contribution is 1.99. The molecule has 0 aliphatic heterocycles. The molecule has 0 aliphatic rings. The van der Waals surface area contributed by atoms with E-state index in [1.165, 1.54) is 4.68 Å². The zero-order valence-corrected chi connectivity index (χ0v) is 6.09. The van der Waals surface area contributed by atoms with Gasteiger partial charge in [-0.1, -0.05) is 0 Å². The molecule has 1 rings (SSSR count). The number of H-pyrrole nitrogens is 1. The van der Waals surface area contributed by atoms with Crippen LogP contribution in [0.4, 0.5) is 0 Å². The fourth-order valence-corrected chi connectivity index (χ4v) is 0.807. The van der Waals surface area contributed by atoms with Gasteiger partial charge in [-0.3, -0.25) is 9.48 Å². The Morgan fingerprint density at radius 1 is 1.80 bits per heavy atom. The summed E-state index contributed by atoms with van der Waals surface area (Å²) >= 11 is 0. The highest BCUT2D eigenvalue weighted by molar-refractivity contribution is 5.08. The fourth-order valence-electron chi connectivity index (χ4n) is 0.807. The monoisotopic (exact) mass is 141 g/mol. The van der Waals surface area contributed by atoms with Crippen LogP contribution in [-0.2, 0) is 7.05 Å². The number of rotatable bonds is 1. The Bertz CT molecular complexity index is 271. The molecule has 0 radical (unpaired) electrons. The molecule has 1 aromatic rings. The second-order valence-corrected chi connectivity index (χ2v) is 2.38. The second kappa shape index (κ2) is 2.30. The topological polar surface area (TPSA) is 63.8 Å². The van der Waals surface area contributed by atoms with Crippen LogP contribution in [0, 0.1) is 0 Å². The van der Waals surface area contributed by atoms with Gasteiger partial charge in [0.2, 0.25) is 0 Å². The van der Waals surface area contributed by atoms with Crippen LogP contribution in [0.3, 0.4) is 0 Å². The first kappa shape index (κ1) is 7.08. The number of aromatic nitrogens is 2. The van der Waals surface area contributed by atoms with Crippen molar-refractivity contribution < 1.29 is 0 Å². The van der Waals surface area contributed by atoms with Crippen LogP contribution < -0.4 is 11.3 Å². The number of nitrogens with two attached hydrogens (primary N) is 1. The molecule has 0 aromatic carbocycles. The van der Waals surface area contributed by atoms with Gasteiger partial charge < -0.3 is 10.8 Å². The minimum atomic E-state index is -0.190. The van der Waals surface area contributed by atoms with E-state index in [4.69, 9.17) is 5.73 Å². The molecule has 0 aliphatic carbocycles. The second-order valence-electron chi connectivity index (χ2n) is 2.38. The third-order valence-corrected chi connectivity index (χ3v) is 1.46. The van der Waals surface area contributed by atoms with E-state index in [1.54, 1.807) is 20.2 Å². The summed E-state index contributed by atoms with van der Waals surface area (Å²) in [7, 11) is 1.66. The van der Waals surface area contributed by atoms with Gasteiger partial charge in [0.25, 0.3) is 5.56 Å². The van der Waals surface area contributed by atoms with E-state index in [-0.39, 0.29) is 11.6 Å². The third-order valence-electron chi connectivity index (χ3n) is 1.46. The smallest absolute Gasteiger partial charge is 0.270 e. The number of aromatic amines is 1. The third kappa shape index (κ3) is 0.974. The normalized spacial score (nSPS) is 13.5. The van der Waals surface area contributed by atoms with Crippen molar-refractivity contribution in [1.29, 1.82) is 0 Å². The molecule has 0 saturated heterocycles. The van der Waals surface area contributed by atoms with Crippen molar-refractivity contribution in [2.75, 3.05) is 0 Å². The van der Waals surface area contributed by atoms with Crippen molar-refractivity contribution >= 4 is 0 Å². The summed E-state index contributed by atoms with van der Waals surface area (Å²) in [5, 5.41) is 2.74. The predicted molar refractivity (Wildman–Crippen MR) is 38.6 cm³/mol. The standard InChI is InChI=1S/C6H11N3O/c1-4(7)5-3-8-9(2)6(5)10/h3-4,8H,7H2,1-2H3. The van der Waals surface area contributed by atoms with Gasteiger partial charge in [0.15, 0.2) is 0 Å². The van der Waals surface area contributed by atoms with Crippen LogP contribution >= 0.6 is 0 Å². The van der Waals surface area contributed by atoms with Gasteiger partial charge in [0, 0.05) is 19.3 Å². The molecule has 0 amide bonds. The van der Waals surface area contributed by atoms with E-state index in [0.717, 1.165) is 0 Å². The van der Waals surface area contributed by atoms with Crippen LogP contribution in [0.25, 0.3) is 0 Å². The van der Waals surface area contributed by atoms with Crippen LogP contribution in [0.15, 0.2) is 11.0 Å². The van der Waals surface area contributed by atoms with E-state index in [2.05, 4.69) is 5.10 Å². The number of aryl methyl sites for hydroxylation is 1. The zero-order chi connectivity index (χ0) is 7.72. The number of hydrogen-bond acceptors (Lipinski definition) is 2. The first-order valence-corrected chi connectivity index (χ1v) is 3.13. The van der Waals surface area contributed by atoms with Crippen molar-refractivity contribution in [2.24, 2.45) is 12.8 Å². The summed E-state index contributed by atoms with van der Waals surface area (Å²) in [5.74, 6) is 0. The molecule has 1 heterocycles. The first-order chi connectivity index (χ1) is 4.63. The Kier molecular flexibility index (Phi) is 1.63. The molecule has 4 nitrogen and oxygen atoms in total. The van der Waals surface area contributed by atoms with Gasteiger partial charge in [-0.15, -0.1) is 0 Å². The number of nitrogens with one attached hydrogen (secondary N) is 1. The van der Waals surface area contributed by atoms with Gasteiger partial charge in [0.05, 0.1) is 5.56 Å². The summed E-state index contributed by atoms with van der Waals surface area (Å²) in [6.45, 7) is 1.78. The molecule has 0 saturated carbocycles. The van der Waals surface area contributed by atoms with Crippen molar-refractivity contribution in [3.05, 3.63) is 22.1 Å². The molecule has 0 spiro atoms. The van der Waals surface area contributed by atoms with Crippen molar-refractivity contribution in [2.45, 2.75) is 13.0 Å². The number of hydrogen-bond donors (Lipinski definition) is 2. The Morgan fingerprint density at radius 2 is 2.40 bits per heavy atom. The fraction of sp³-hybridized carbons (Fsp3) is 0.500. The molecule has 1 unspecified atom stereocenters. The maximum Gasteiger partial charge on any atom is 0.270 e. The lowest BCUT2D eigenvalue weighted by Gasteiger charge is -1.95. The molecule has 10 heavy (non-hydrogen) atoms. The van der Waals surface area contributed by atoms with Gasteiger partial charge in [-0.25, -0.2) is 0 Å². The Morgan fingerprint density at radius 3 is 2.60 bits per heavy atom. The van der Waals surface area contributed by atoms with Gasteiger partial charge in [-0.2, -0.15) is 0 Å². The average Bonchev–Trinajstić information content (AvgIpc) is 2.14. The highest BCUT2D eigenvalue weighted by atomic mass is 16.1. The molecular weight excluding hydrogens is 130 g/mol. The summed E-state index contributed by atoms with van der Waals surface area (Å²) in [4.78, 5) is 11.1. The predicted octanol–water partition coefficient (Wildman–Crippen LogP) is -0.267. The highest BCUT2D eigenvalue weighted by Gasteiger charge is 2.06.